The number of unbranched alkanes of at least 4 members (excludes halogenated alkanes) is 24. The van der Waals surface area contributed by atoms with Crippen LogP contribution in [0.25, 0.3) is 0 Å². The molecular weight excluding hydrogens is 755 g/mol. The molecule has 10 heteroatoms. The van der Waals surface area contributed by atoms with Crippen molar-refractivity contribution in [3.63, 3.8) is 0 Å². The van der Waals surface area contributed by atoms with E-state index in [0.717, 1.165) is 122 Å². The third kappa shape index (κ3) is 39.5. The van der Waals surface area contributed by atoms with E-state index in [1.165, 1.54) is 103 Å². The first kappa shape index (κ1) is 57.4. The van der Waals surface area contributed by atoms with E-state index in [2.05, 4.69) is 36.3 Å². The summed E-state index contributed by atoms with van der Waals surface area (Å²) in [6, 6.07) is 0. The molecule has 0 aromatic heterocycles. The van der Waals surface area contributed by atoms with Gasteiger partial charge in [-0.25, -0.2) is 4.79 Å². The molecule has 0 aromatic rings. The van der Waals surface area contributed by atoms with Crippen LogP contribution in [0, 0.1) is 0 Å². The Balaban J connectivity index is 4.52. The molecule has 0 aliphatic rings. The minimum absolute atomic E-state index is 0.00969. The first-order valence-corrected chi connectivity index (χ1v) is 25.2. The predicted molar refractivity (Wildman–Crippen MR) is 249 cm³/mol. The molecule has 0 unspecified atom stereocenters. The van der Waals surface area contributed by atoms with Crippen LogP contribution in [0.2, 0.25) is 0 Å². The number of ketones is 1. The van der Waals surface area contributed by atoms with Crippen LogP contribution in [-0.2, 0) is 28.6 Å². The smallest absolute Gasteiger partial charge is 0.462 e. The van der Waals surface area contributed by atoms with Gasteiger partial charge in [0.05, 0.1) is 13.2 Å². The van der Waals surface area contributed by atoms with E-state index in [-0.39, 0.29) is 17.8 Å². The molecule has 0 amide bonds. The Morgan fingerprint density at radius 2 is 0.950 bits per heavy atom. The molecule has 0 aromatic carbocycles. The third-order valence-electron chi connectivity index (χ3n) is 11.4. The topological polar surface area (TPSA) is 123 Å². The monoisotopic (exact) mass is 850 g/mol. The van der Waals surface area contributed by atoms with Gasteiger partial charge in [0.2, 0.25) is 5.78 Å². The van der Waals surface area contributed by atoms with Crippen LogP contribution in [0.5, 0.6) is 0 Å². The number of aldehydes is 1. The fourth-order valence-electron chi connectivity index (χ4n) is 7.57. The summed E-state index contributed by atoms with van der Waals surface area (Å²) in [6.07, 6.45) is 39.1. The summed E-state index contributed by atoms with van der Waals surface area (Å²) >= 11 is 0. The first-order chi connectivity index (χ1) is 29.4. The van der Waals surface area contributed by atoms with Crippen molar-refractivity contribution in [3.05, 3.63) is 11.9 Å². The second-order valence-corrected chi connectivity index (χ2v) is 17.0. The van der Waals surface area contributed by atoms with Gasteiger partial charge in [0, 0.05) is 26.2 Å². The van der Waals surface area contributed by atoms with Crippen molar-refractivity contribution in [2.45, 2.75) is 239 Å². The number of carbonyl (C=O) groups is 4. The summed E-state index contributed by atoms with van der Waals surface area (Å²) < 4.78 is 16.6. The van der Waals surface area contributed by atoms with Crippen LogP contribution in [0.15, 0.2) is 11.9 Å². The van der Waals surface area contributed by atoms with E-state index in [4.69, 9.17) is 14.2 Å². The number of esters is 1. The highest BCUT2D eigenvalue weighted by atomic mass is 16.7. The molecule has 10 nitrogen and oxygen atoms in total. The molecule has 0 fully saturated rings. The summed E-state index contributed by atoms with van der Waals surface area (Å²) in [6.45, 7) is 11.3. The van der Waals surface area contributed by atoms with Crippen LogP contribution in [0.1, 0.15) is 233 Å². The normalized spacial score (nSPS) is 11.6. The molecule has 0 spiro atoms. The second-order valence-electron chi connectivity index (χ2n) is 17.0. The van der Waals surface area contributed by atoms with E-state index >= 15 is 0 Å². The van der Waals surface area contributed by atoms with Gasteiger partial charge in [0.1, 0.15) is 11.8 Å². The molecule has 0 aliphatic heterocycles. The van der Waals surface area contributed by atoms with Crippen molar-refractivity contribution in [2.75, 3.05) is 46.4 Å². The van der Waals surface area contributed by atoms with E-state index in [1.807, 2.05) is 0 Å². The van der Waals surface area contributed by atoms with Crippen LogP contribution < -0.4 is 10.6 Å². The van der Waals surface area contributed by atoms with Gasteiger partial charge in [-0.2, -0.15) is 0 Å². The number of carbonyl (C=O) groups excluding carboxylic acids is 4. The first-order valence-electron chi connectivity index (χ1n) is 25.2. The van der Waals surface area contributed by atoms with Gasteiger partial charge < -0.3 is 29.7 Å². The molecule has 60 heavy (non-hydrogen) atoms. The number of nitrogens with one attached hydrogen (secondary N) is 2. The highest BCUT2D eigenvalue weighted by Gasteiger charge is 2.15. The molecule has 0 heterocycles. The molecule has 0 bridgehead atoms. The Bertz CT molecular complexity index is 1010. The lowest BCUT2D eigenvalue weighted by Gasteiger charge is -2.22. The predicted octanol–water partition coefficient (Wildman–Crippen LogP) is 12.7. The molecule has 0 radical (unpaired) electrons. The molecule has 0 aliphatic carbocycles. The summed E-state index contributed by atoms with van der Waals surface area (Å²) in [5, 5.41) is 5.93. The van der Waals surface area contributed by atoms with Crippen molar-refractivity contribution in [3.8, 4) is 0 Å². The summed E-state index contributed by atoms with van der Waals surface area (Å²) in [7, 11) is 1.63. The maximum Gasteiger partial charge on any atom is 0.508 e. The SMILES string of the molecule is CCCCCCCCCCOC(=O)OCCCCCCN(CCCCCCCC(=O)OC(CCCCCCCC)CCCCCCCC)CCCN/C=C(\NC)C(=O)C=O. The van der Waals surface area contributed by atoms with Crippen LogP contribution in [0.4, 0.5) is 4.79 Å². The molecule has 2 N–H and O–H groups in total. The lowest BCUT2D eigenvalue weighted by Crippen LogP contribution is -2.29. The Morgan fingerprint density at radius 1 is 0.533 bits per heavy atom. The summed E-state index contributed by atoms with van der Waals surface area (Å²) in [5.41, 5.74) is 0.261. The highest BCUT2D eigenvalue weighted by Crippen LogP contribution is 2.18. The van der Waals surface area contributed by atoms with E-state index in [0.29, 0.717) is 32.5 Å². The zero-order valence-corrected chi connectivity index (χ0v) is 39.6. The van der Waals surface area contributed by atoms with Gasteiger partial charge in [-0.1, -0.05) is 162 Å². The van der Waals surface area contributed by atoms with Crippen molar-refractivity contribution >= 4 is 24.2 Å². The fourth-order valence-corrected chi connectivity index (χ4v) is 7.57. The van der Waals surface area contributed by atoms with Gasteiger partial charge in [-0.15, -0.1) is 0 Å². The maximum atomic E-state index is 12.8. The van der Waals surface area contributed by atoms with Crippen molar-refractivity contribution in [1.29, 1.82) is 0 Å². The minimum atomic E-state index is -0.569. The van der Waals surface area contributed by atoms with Gasteiger partial charge >= 0.3 is 12.1 Å². The third-order valence-corrected chi connectivity index (χ3v) is 11.4. The molecule has 0 saturated carbocycles. The Hall–Kier alpha value is -2.62. The highest BCUT2D eigenvalue weighted by molar-refractivity contribution is 6.32. The molecule has 0 rings (SSSR count). The number of allylic oxidation sites excluding steroid dienone is 1. The summed E-state index contributed by atoms with van der Waals surface area (Å²) in [5.74, 6) is -0.578. The molecule has 0 atom stereocenters. The fraction of sp³-hybridized carbons (Fsp3) is 0.880. The number of hydrogen-bond acceptors (Lipinski definition) is 10. The largest absolute Gasteiger partial charge is 0.508 e. The zero-order chi connectivity index (χ0) is 44.0. The van der Waals surface area contributed by atoms with Gasteiger partial charge in [0.15, 0.2) is 6.29 Å². The number of nitrogens with zero attached hydrogens (tertiary/aromatic N) is 1. The van der Waals surface area contributed by atoms with Gasteiger partial charge in [-0.3, -0.25) is 14.4 Å². The van der Waals surface area contributed by atoms with E-state index in [1.54, 1.807) is 13.2 Å². The number of hydrogen-bond donors (Lipinski definition) is 2. The number of rotatable bonds is 47. The lowest BCUT2D eigenvalue weighted by atomic mass is 10.0. The Labute approximate surface area is 369 Å². The quantitative estimate of drug-likeness (QED) is 0.0201. The molecule has 0 saturated heterocycles. The lowest BCUT2D eigenvalue weighted by molar-refractivity contribution is -0.150. The molecule has 352 valence electrons. The maximum absolute atomic E-state index is 12.8. The standard InChI is InChI=1S/C50H95N3O7/c1-5-8-11-14-17-18-25-32-42-58-50(57)59-43-33-26-24-31-40-53(41-34-38-52-44-47(51-4)48(55)45-54)39-30-23-19-22-29-37-49(56)60-46(35-27-20-15-12-9-6-2)36-28-21-16-13-10-7-3/h44-46,51-52H,5-43H2,1-4H3/b47-44-. The van der Waals surface area contributed by atoms with Crippen LogP contribution in [-0.4, -0.2) is 81.6 Å². The average molecular weight is 850 g/mol. The van der Waals surface area contributed by atoms with Crippen molar-refractivity contribution in [1.82, 2.24) is 15.5 Å². The van der Waals surface area contributed by atoms with Crippen molar-refractivity contribution < 1.29 is 33.4 Å². The van der Waals surface area contributed by atoms with Crippen LogP contribution in [0.3, 0.4) is 0 Å². The Kier molecular flexibility index (Phi) is 43.9. The minimum Gasteiger partial charge on any atom is -0.462 e. The zero-order valence-electron chi connectivity index (χ0n) is 39.6. The van der Waals surface area contributed by atoms with Crippen LogP contribution >= 0.6 is 0 Å². The number of Topliss-reactive ketones (excluding diaryl/α,β-unsaturated/α-hetero) is 1. The number of ether oxygens (including phenoxy) is 3. The summed E-state index contributed by atoms with van der Waals surface area (Å²) in [4.78, 5) is 49.8. The average Bonchev–Trinajstić information content (AvgIpc) is 3.25. The second kappa shape index (κ2) is 45.9. The van der Waals surface area contributed by atoms with E-state index < -0.39 is 11.9 Å². The van der Waals surface area contributed by atoms with Gasteiger partial charge in [0.25, 0.3) is 0 Å². The van der Waals surface area contributed by atoms with E-state index in [9.17, 15) is 19.2 Å². The van der Waals surface area contributed by atoms with Crippen molar-refractivity contribution in [2.24, 2.45) is 0 Å². The Morgan fingerprint density at radius 3 is 1.42 bits per heavy atom. The number of likely N-dealkylation sites (N-methyl/N-ethyl adjacent to an activating group) is 1. The molecular formula is C50H95N3O7. The van der Waals surface area contributed by atoms with Gasteiger partial charge in [-0.05, 0) is 83.8 Å².